The predicted molar refractivity (Wildman–Crippen MR) is 61.0 cm³/mol. The van der Waals surface area contributed by atoms with Crippen molar-refractivity contribution in [2.75, 3.05) is 11.9 Å². The quantitative estimate of drug-likeness (QED) is 0.712. The minimum atomic E-state index is -0.110. The molecule has 0 aliphatic carbocycles. The van der Waals surface area contributed by atoms with Crippen molar-refractivity contribution in [2.45, 2.75) is 6.92 Å². The van der Waals surface area contributed by atoms with Crippen molar-refractivity contribution in [3.05, 3.63) is 40.7 Å². The van der Waals surface area contributed by atoms with Crippen LogP contribution in [-0.2, 0) is 0 Å². The van der Waals surface area contributed by atoms with Crippen LogP contribution in [0.5, 0.6) is 0 Å². The second-order valence-corrected chi connectivity index (χ2v) is 3.28. The van der Waals surface area contributed by atoms with Gasteiger partial charge in [-0.25, -0.2) is 0 Å². The van der Waals surface area contributed by atoms with Gasteiger partial charge in [0.05, 0.1) is 5.69 Å². The summed E-state index contributed by atoms with van der Waals surface area (Å²) in [4.78, 5) is 10.9. The zero-order valence-electron chi connectivity index (χ0n) is 8.50. The van der Waals surface area contributed by atoms with Crippen LogP contribution in [0, 0.1) is 0 Å². The minimum absolute atomic E-state index is 0.110. The molecule has 0 aliphatic rings. The van der Waals surface area contributed by atoms with Crippen molar-refractivity contribution < 1.29 is 0 Å². The molecule has 2 rings (SSSR count). The number of aromatic amines is 2. The third-order valence-corrected chi connectivity index (χ3v) is 2.17. The van der Waals surface area contributed by atoms with Gasteiger partial charge in [-0.15, -0.1) is 0 Å². The molecule has 1 aromatic carbocycles. The highest BCUT2D eigenvalue weighted by atomic mass is 16.1. The van der Waals surface area contributed by atoms with Crippen LogP contribution < -0.4 is 10.9 Å². The lowest BCUT2D eigenvalue weighted by Crippen LogP contribution is -1.95. The summed E-state index contributed by atoms with van der Waals surface area (Å²) in [6.07, 6.45) is 0. The van der Waals surface area contributed by atoms with Gasteiger partial charge < -0.3 is 5.32 Å². The van der Waals surface area contributed by atoms with Crippen LogP contribution in [0.2, 0.25) is 0 Å². The molecule has 0 radical (unpaired) electrons. The van der Waals surface area contributed by atoms with Gasteiger partial charge in [-0.1, -0.05) is 12.1 Å². The molecule has 0 spiro atoms. The third kappa shape index (κ3) is 2.10. The Bertz CT molecular complexity index is 481. The minimum Gasteiger partial charge on any atom is -0.385 e. The average molecular weight is 203 g/mol. The van der Waals surface area contributed by atoms with E-state index in [1.807, 2.05) is 24.3 Å². The Labute approximate surface area is 87.3 Å². The SMILES string of the molecule is CCNc1ccc(-c2cc(=O)[nH][nH]2)cc1. The molecule has 78 valence electrons. The summed E-state index contributed by atoms with van der Waals surface area (Å²) >= 11 is 0. The fourth-order valence-electron chi connectivity index (χ4n) is 1.46. The molecule has 0 atom stereocenters. The smallest absolute Gasteiger partial charge is 0.264 e. The second kappa shape index (κ2) is 4.04. The van der Waals surface area contributed by atoms with Gasteiger partial charge in [0.1, 0.15) is 0 Å². The Balaban J connectivity index is 2.27. The molecular formula is C11H13N3O. The van der Waals surface area contributed by atoms with Crippen molar-refractivity contribution in [3.63, 3.8) is 0 Å². The fraction of sp³-hybridized carbons (Fsp3) is 0.182. The van der Waals surface area contributed by atoms with Crippen LogP contribution in [0.4, 0.5) is 5.69 Å². The van der Waals surface area contributed by atoms with E-state index in [4.69, 9.17) is 0 Å². The molecule has 0 saturated heterocycles. The highest BCUT2D eigenvalue weighted by Gasteiger charge is 1.99. The van der Waals surface area contributed by atoms with Crippen LogP contribution in [-0.4, -0.2) is 16.7 Å². The van der Waals surface area contributed by atoms with Crippen LogP contribution in [0.25, 0.3) is 11.3 Å². The number of nitrogens with one attached hydrogen (secondary N) is 3. The van der Waals surface area contributed by atoms with Gasteiger partial charge in [-0.3, -0.25) is 15.0 Å². The first-order valence-electron chi connectivity index (χ1n) is 4.91. The topological polar surface area (TPSA) is 60.7 Å². The second-order valence-electron chi connectivity index (χ2n) is 3.28. The van der Waals surface area contributed by atoms with Gasteiger partial charge in [0, 0.05) is 18.3 Å². The monoisotopic (exact) mass is 203 g/mol. The molecule has 0 unspecified atom stereocenters. The van der Waals surface area contributed by atoms with Crippen LogP contribution in [0.15, 0.2) is 35.1 Å². The van der Waals surface area contributed by atoms with Gasteiger partial charge in [-0.2, -0.15) is 0 Å². The highest BCUT2D eigenvalue weighted by molar-refractivity contribution is 5.62. The average Bonchev–Trinajstić information content (AvgIpc) is 2.67. The summed E-state index contributed by atoms with van der Waals surface area (Å²) in [5.74, 6) is 0. The number of H-pyrrole nitrogens is 2. The molecule has 4 nitrogen and oxygen atoms in total. The van der Waals surface area contributed by atoms with E-state index in [-0.39, 0.29) is 5.56 Å². The first-order valence-corrected chi connectivity index (χ1v) is 4.91. The molecule has 0 saturated carbocycles. The van der Waals surface area contributed by atoms with Crippen molar-refractivity contribution in [2.24, 2.45) is 0 Å². The Hall–Kier alpha value is -1.97. The summed E-state index contributed by atoms with van der Waals surface area (Å²) in [6.45, 7) is 2.96. The van der Waals surface area contributed by atoms with E-state index in [9.17, 15) is 4.79 Å². The Morgan fingerprint density at radius 3 is 2.47 bits per heavy atom. The zero-order valence-corrected chi connectivity index (χ0v) is 8.50. The largest absolute Gasteiger partial charge is 0.385 e. The Morgan fingerprint density at radius 2 is 1.93 bits per heavy atom. The van der Waals surface area contributed by atoms with Gasteiger partial charge in [0.15, 0.2) is 0 Å². The number of hydrogen-bond acceptors (Lipinski definition) is 2. The lowest BCUT2D eigenvalue weighted by atomic mass is 10.1. The zero-order chi connectivity index (χ0) is 10.7. The number of anilines is 1. The van der Waals surface area contributed by atoms with Crippen molar-refractivity contribution in [3.8, 4) is 11.3 Å². The predicted octanol–water partition coefficient (Wildman–Crippen LogP) is 1.80. The van der Waals surface area contributed by atoms with Crippen LogP contribution >= 0.6 is 0 Å². The van der Waals surface area contributed by atoms with E-state index >= 15 is 0 Å². The summed E-state index contributed by atoms with van der Waals surface area (Å²) in [6, 6.07) is 9.46. The molecule has 0 aliphatic heterocycles. The Kier molecular flexibility index (Phi) is 2.58. The number of rotatable bonds is 3. The first-order chi connectivity index (χ1) is 7.29. The van der Waals surface area contributed by atoms with E-state index in [2.05, 4.69) is 22.4 Å². The maximum atomic E-state index is 10.9. The van der Waals surface area contributed by atoms with Crippen molar-refractivity contribution in [1.29, 1.82) is 0 Å². The van der Waals surface area contributed by atoms with Gasteiger partial charge in [0.25, 0.3) is 5.56 Å². The molecular weight excluding hydrogens is 190 g/mol. The maximum absolute atomic E-state index is 10.9. The Morgan fingerprint density at radius 1 is 1.20 bits per heavy atom. The summed E-state index contributed by atoms with van der Waals surface area (Å²) in [5, 5.41) is 8.54. The van der Waals surface area contributed by atoms with Gasteiger partial charge in [-0.05, 0) is 24.6 Å². The normalized spacial score (nSPS) is 10.2. The summed E-state index contributed by atoms with van der Waals surface area (Å²) < 4.78 is 0. The molecule has 1 aromatic heterocycles. The van der Waals surface area contributed by atoms with Gasteiger partial charge in [0.2, 0.25) is 0 Å². The van der Waals surface area contributed by atoms with E-state index in [0.717, 1.165) is 23.5 Å². The summed E-state index contributed by atoms with van der Waals surface area (Å²) in [5.41, 5.74) is 2.78. The molecule has 1 heterocycles. The first kappa shape index (κ1) is 9.58. The number of aromatic nitrogens is 2. The van der Waals surface area contributed by atoms with E-state index < -0.39 is 0 Å². The van der Waals surface area contributed by atoms with E-state index in [1.165, 1.54) is 0 Å². The fourth-order valence-corrected chi connectivity index (χ4v) is 1.46. The standard InChI is InChI=1S/C11H13N3O/c1-2-12-9-5-3-8(4-6-9)10-7-11(15)14-13-10/h3-7,12H,2H2,1H3,(H2,13,14,15). The summed E-state index contributed by atoms with van der Waals surface area (Å²) in [7, 11) is 0. The highest BCUT2D eigenvalue weighted by Crippen LogP contribution is 2.17. The lowest BCUT2D eigenvalue weighted by Gasteiger charge is -2.03. The van der Waals surface area contributed by atoms with Gasteiger partial charge >= 0.3 is 0 Å². The molecule has 3 N–H and O–H groups in total. The maximum Gasteiger partial charge on any atom is 0.264 e. The molecule has 0 bridgehead atoms. The lowest BCUT2D eigenvalue weighted by molar-refractivity contribution is 1.06. The van der Waals surface area contributed by atoms with Crippen molar-refractivity contribution >= 4 is 5.69 Å². The molecule has 4 heteroatoms. The molecule has 15 heavy (non-hydrogen) atoms. The third-order valence-electron chi connectivity index (χ3n) is 2.17. The molecule has 0 fully saturated rings. The number of benzene rings is 1. The van der Waals surface area contributed by atoms with E-state index in [1.54, 1.807) is 6.07 Å². The molecule has 0 amide bonds. The van der Waals surface area contributed by atoms with Crippen molar-refractivity contribution in [1.82, 2.24) is 10.2 Å². The van der Waals surface area contributed by atoms with Crippen LogP contribution in [0.3, 0.4) is 0 Å². The number of hydrogen-bond donors (Lipinski definition) is 3. The van der Waals surface area contributed by atoms with Crippen LogP contribution in [0.1, 0.15) is 6.92 Å². The molecule has 2 aromatic rings. The van der Waals surface area contributed by atoms with E-state index in [0.29, 0.717) is 0 Å².